The number of rotatable bonds is 3. The van der Waals surface area contributed by atoms with Crippen molar-refractivity contribution in [3.63, 3.8) is 0 Å². The molecule has 2 aliphatic carbocycles. The lowest BCUT2D eigenvalue weighted by Crippen LogP contribution is -2.46. The zero-order chi connectivity index (χ0) is 13.3. The number of aliphatic carboxylic acids is 1. The van der Waals surface area contributed by atoms with Crippen LogP contribution in [0.3, 0.4) is 0 Å². The predicted molar refractivity (Wildman–Crippen MR) is 75.1 cm³/mol. The van der Waals surface area contributed by atoms with Gasteiger partial charge in [0.25, 0.3) is 0 Å². The molecule has 19 heavy (non-hydrogen) atoms. The van der Waals surface area contributed by atoms with E-state index in [0.29, 0.717) is 5.41 Å². The molecule has 0 bridgehead atoms. The number of likely N-dealkylation sites (tertiary alicyclic amines) is 1. The molecule has 0 aromatic rings. The van der Waals surface area contributed by atoms with E-state index >= 15 is 0 Å². The average molecular weight is 265 g/mol. The first-order chi connectivity index (χ1) is 9.14. The fourth-order valence-corrected chi connectivity index (χ4v) is 4.73. The van der Waals surface area contributed by atoms with Crippen molar-refractivity contribution in [3.05, 3.63) is 0 Å². The van der Waals surface area contributed by atoms with Crippen molar-refractivity contribution in [2.75, 3.05) is 19.6 Å². The van der Waals surface area contributed by atoms with Crippen LogP contribution in [0.15, 0.2) is 0 Å². The van der Waals surface area contributed by atoms with Crippen molar-refractivity contribution >= 4 is 5.97 Å². The Kier molecular flexibility index (Phi) is 3.59. The quantitative estimate of drug-likeness (QED) is 0.851. The summed E-state index contributed by atoms with van der Waals surface area (Å²) in [5, 5.41) is 9.57. The third-order valence-corrected chi connectivity index (χ3v) is 6.12. The smallest absolute Gasteiger partial charge is 0.310 e. The minimum Gasteiger partial charge on any atom is -0.481 e. The Morgan fingerprint density at radius 2 is 1.42 bits per heavy atom. The van der Waals surface area contributed by atoms with Gasteiger partial charge in [-0.3, -0.25) is 4.79 Å². The summed E-state index contributed by atoms with van der Waals surface area (Å²) < 4.78 is 0. The predicted octanol–water partition coefficient (Wildman–Crippen LogP) is 3.29. The molecule has 1 heterocycles. The van der Waals surface area contributed by atoms with Crippen LogP contribution in [-0.4, -0.2) is 35.6 Å². The molecule has 0 amide bonds. The molecule has 1 spiro atoms. The van der Waals surface area contributed by atoms with Gasteiger partial charge in [-0.15, -0.1) is 0 Å². The second-order valence-electron chi connectivity index (χ2n) is 7.28. The second-order valence-corrected chi connectivity index (χ2v) is 7.28. The molecule has 3 rings (SSSR count). The topological polar surface area (TPSA) is 40.5 Å². The van der Waals surface area contributed by atoms with Gasteiger partial charge in [0.1, 0.15) is 0 Å². The molecule has 3 fully saturated rings. The maximum Gasteiger partial charge on any atom is 0.310 e. The molecule has 0 radical (unpaired) electrons. The molecule has 1 saturated heterocycles. The molecule has 3 nitrogen and oxygen atoms in total. The minimum absolute atomic E-state index is 0.416. The highest BCUT2D eigenvalue weighted by Crippen LogP contribution is 2.47. The van der Waals surface area contributed by atoms with E-state index in [4.69, 9.17) is 0 Å². The first-order valence-corrected chi connectivity index (χ1v) is 8.10. The molecule has 0 aromatic carbocycles. The van der Waals surface area contributed by atoms with Crippen molar-refractivity contribution in [1.29, 1.82) is 0 Å². The van der Waals surface area contributed by atoms with Gasteiger partial charge in [-0.05, 0) is 57.0 Å². The van der Waals surface area contributed by atoms with Gasteiger partial charge in [-0.2, -0.15) is 0 Å². The standard InChI is InChI=1S/C16H27NO2/c18-14(19)16(7-3-4-8-16)13-17-11-9-15(10-12-17)5-1-2-6-15/h1-13H2,(H,18,19). The number of hydrogen-bond donors (Lipinski definition) is 1. The molecule has 0 unspecified atom stereocenters. The zero-order valence-corrected chi connectivity index (χ0v) is 12.0. The number of carboxylic acid groups (broad SMARTS) is 1. The van der Waals surface area contributed by atoms with Crippen LogP contribution >= 0.6 is 0 Å². The minimum atomic E-state index is -0.550. The molecule has 3 aliphatic rings. The highest BCUT2D eigenvalue weighted by Gasteiger charge is 2.44. The summed E-state index contributed by atoms with van der Waals surface area (Å²) in [6.45, 7) is 3.07. The van der Waals surface area contributed by atoms with E-state index in [1.165, 1.54) is 38.5 Å². The van der Waals surface area contributed by atoms with E-state index in [9.17, 15) is 9.90 Å². The van der Waals surface area contributed by atoms with Crippen LogP contribution in [0.25, 0.3) is 0 Å². The highest BCUT2D eigenvalue weighted by atomic mass is 16.4. The van der Waals surface area contributed by atoms with Crippen molar-refractivity contribution in [1.82, 2.24) is 4.90 Å². The molecule has 2 saturated carbocycles. The molecule has 3 heteroatoms. The van der Waals surface area contributed by atoms with Gasteiger partial charge in [0.15, 0.2) is 0 Å². The van der Waals surface area contributed by atoms with Gasteiger partial charge in [-0.1, -0.05) is 25.7 Å². The van der Waals surface area contributed by atoms with Crippen molar-refractivity contribution < 1.29 is 9.90 Å². The third kappa shape index (κ3) is 2.54. The van der Waals surface area contributed by atoms with Gasteiger partial charge in [0.2, 0.25) is 0 Å². The van der Waals surface area contributed by atoms with Crippen LogP contribution in [0.4, 0.5) is 0 Å². The molecule has 1 aliphatic heterocycles. The highest BCUT2D eigenvalue weighted by molar-refractivity contribution is 5.75. The van der Waals surface area contributed by atoms with E-state index in [2.05, 4.69) is 4.90 Å². The van der Waals surface area contributed by atoms with Gasteiger partial charge in [-0.25, -0.2) is 0 Å². The van der Waals surface area contributed by atoms with Crippen LogP contribution in [0.5, 0.6) is 0 Å². The largest absolute Gasteiger partial charge is 0.481 e. The Labute approximate surface area is 116 Å². The number of carboxylic acids is 1. The Hall–Kier alpha value is -0.570. The van der Waals surface area contributed by atoms with E-state index in [1.54, 1.807) is 0 Å². The average Bonchev–Trinajstić information content (AvgIpc) is 3.03. The van der Waals surface area contributed by atoms with Crippen molar-refractivity contribution in [3.8, 4) is 0 Å². The van der Waals surface area contributed by atoms with Crippen molar-refractivity contribution in [2.45, 2.75) is 64.2 Å². The van der Waals surface area contributed by atoms with Gasteiger partial charge in [0.05, 0.1) is 5.41 Å². The summed E-state index contributed by atoms with van der Waals surface area (Å²) >= 11 is 0. The maximum atomic E-state index is 11.6. The van der Waals surface area contributed by atoms with Crippen molar-refractivity contribution in [2.24, 2.45) is 10.8 Å². The lowest BCUT2D eigenvalue weighted by Gasteiger charge is -2.42. The second kappa shape index (κ2) is 5.08. The summed E-state index contributed by atoms with van der Waals surface area (Å²) in [4.78, 5) is 14.1. The van der Waals surface area contributed by atoms with E-state index < -0.39 is 11.4 Å². The number of nitrogens with zero attached hydrogens (tertiary/aromatic N) is 1. The zero-order valence-electron chi connectivity index (χ0n) is 12.0. The van der Waals surface area contributed by atoms with E-state index in [0.717, 1.165) is 45.3 Å². The molecule has 1 N–H and O–H groups in total. The lowest BCUT2D eigenvalue weighted by molar-refractivity contribution is -0.150. The third-order valence-electron chi connectivity index (χ3n) is 6.12. The van der Waals surface area contributed by atoms with Crippen LogP contribution in [0.2, 0.25) is 0 Å². The van der Waals surface area contributed by atoms with Gasteiger partial charge in [0, 0.05) is 6.54 Å². The summed E-state index contributed by atoms with van der Waals surface area (Å²) in [7, 11) is 0. The number of carbonyl (C=O) groups is 1. The van der Waals surface area contributed by atoms with Gasteiger partial charge < -0.3 is 10.0 Å². The fourth-order valence-electron chi connectivity index (χ4n) is 4.73. The van der Waals surface area contributed by atoms with Crippen LogP contribution < -0.4 is 0 Å². The van der Waals surface area contributed by atoms with Crippen LogP contribution in [-0.2, 0) is 4.79 Å². The molecule has 108 valence electrons. The first kappa shape index (κ1) is 13.4. The van der Waals surface area contributed by atoms with E-state index in [1.807, 2.05) is 0 Å². The summed E-state index contributed by atoms with van der Waals surface area (Å²) in [5.41, 5.74) is 0.225. The Balaban J connectivity index is 1.58. The monoisotopic (exact) mass is 265 g/mol. The Bertz CT molecular complexity index is 331. The number of piperidine rings is 1. The summed E-state index contributed by atoms with van der Waals surface area (Å²) in [5.74, 6) is -0.550. The number of hydrogen-bond acceptors (Lipinski definition) is 2. The Morgan fingerprint density at radius 3 is 1.95 bits per heavy atom. The maximum absolute atomic E-state index is 11.6. The lowest BCUT2D eigenvalue weighted by atomic mass is 9.76. The normalized spacial score (nSPS) is 29.9. The van der Waals surface area contributed by atoms with Gasteiger partial charge >= 0.3 is 5.97 Å². The van der Waals surface area contributed by atoms with E-state index in [-0.39, 0.29) is 0 Å². The molecular formula is C16H27NO2. The summed E-state index contributed by atoms with van der Waals surface area (Å²) in [6.07, 6.45) is 12.3. The molecule has 0 aromatic heterocycles. The Morgan fingerprint density at radius 1 is 0.895 bits per heavy atom. The van der Waals surface area contributed by atoms with Crippen LogP contribution in [0, 0.1) is 10.8 Å². The van der Waals surface area contributed by atoms with Crippen LogP contribution in [0.1, 0.15) is 64.2 Å². The molecular weight excluding hydrogens is 238 g/mol. The summed E-state index contributed by atoms with van der Waals surface area (Å²) in [6, 6.07) is 0. The molecule has 0 atom stereocenters. The first-order valence-electron chi connectivity index (χ1n) is 8.10. The SMILES string of the molecule is O=C(O)C1(CN2CCC3(CCCC3)CC2)CCCC1. The fraction of sp³-hybridized carbons (Fsp3) is 0.938.